The molecule has 2 aromatic heterocycles. The van der Waals surface area contributed by atoms with Gasteiger partial charge in [0.2, 0.25) is 5.13 Å². The summed E-state index contributed by atoms with van der Waals surface area (Å²) in [5.41, 5.74) is 7.52. The van der Waals surface area contributed by atoms with Gasteiger partial charge in [0.15, 0.2) is 4.34 Å². The van der Waals surface area contributed by atoms with E-state index in [9.17, 15) is 0 Å². The monoisotopic (exact) mass is 341 g/mol. The molecule has 92 valence electrons. The van der Waals surface area contributed by atoms with Gasteiger partial charge in [-0.25, -0.2) is 4.98 Å². The molecule has 3 N–H and O–H groups in total. The van der Waals surface area contributed by atoms with Crippen molar-refractivity contribution in [3.8, 4) is 0 Å². The lowest BCUT2D eigenvalue weighted by molar-refractivity contribution is 1.01. The highest BCUT2D eigenvalue weighted by atomic mass is 79.9. The van der Waals surface area contributed by atoms with E-state index in [1.165, 1.54) is 11.3 Å². The molecule has 0 spiro atoms. The molecule has 8 heteroatoms. The van der Waals surface area contributed by atoms with Crippen LogP contribution in [0.15, 0.2) is 27.0 Å². The lowest BCUT2D eigenvalue weighted by Gasteiger charge is -1.91. The molecule has 3 rings (SSSR count). The Morgan fingerprint density at radius 2 is 2.28 bits per heavy atom. The van der Waals surface area contributed by atoms with Crippen LogP contribution in [0.4, 0.5) is 5.13 Å². The van der Waals surface area contributed by atoms with Gasteiger partial charge in [0.05, 0.1) is 16.8 Å². The average molecular weight is 342 g/mol. The number of aromatic amines is 1. The Morgan fingerprint density at radius 1 is 1.39 bits per heavy atom. The number of nitrogens with two attached hydrogens (primary N) is 1. The molecule has 3 aromatic rings. The molecule has 0 atom stereocenters. The maximum absolute atomic E-state index is 5.53. The third kappa shape index (κ3) is 2.50. The first-order valence-electron chi connectivity index (χ1n) is 5.06. The quantitative estimate of drug-likeness (QED) is 0.715. The van der Waals surface area contributed by atoms with Gasteiger partial charge in [0, 0.05) is 4.47 Å². The summed E-state index contributed by atoms with van der Waals surface area (Å²) in [6.45, 7) is 0. The number of rotatable bonds is 3. The van der Waals surface area contributed by atoms with E-state index in [-0.39, 0.29) is 0 Å². The van der Waals surface area contributed by atoms with E-state index in [1.54, 1.807) is 11.8 Å². The number of fused-ring (bicyclic) bond motifs is 1. The van der Waals surface area contributed by atoms with Crippen LogP contribution in [0.3, 0.4) is 0 Å². The highest BCUT2D eigenvalue weighted by Crippen LogP contribution is 2.27. The molecule has 0 saturated carbocycles. The predicted octanol–water partition coefficient (Wildman–Crippen LogP) is 3.05. The number of nitrogen functional groups attached to an aromatic ring is 1. The number of anilines is 1. The molecule has 18 heavy (non-hydrogen) atoms. The fraction of sp³-hybridized carbons (Fsp3) is 0.100. The van der Waals surface area contributed by atoms with E-state index in [1.807, 2.05) is 18.2 Å². The first-order valence-corrected chi connectivity index (χ1v) is 7.66. The van der Waals surface area contributed by atoms with Gasteiger partial charge in [-0.1, -0.05) is 39.0 Å². The first-order chi connectivity index (χ1) is 8.70. The van der Waals surface area contributed by atoms with Gasteiger partial charge >= 0.3 is 0 Å². The van der Waals surface area contributed by atoms with Gasteiger partial charge < -0.3 is 10.7 Å². The number of thioether (sulfide) groups is 1. The van der Waals surface area contributed by atoms with Crippen molar-refractivity contribution in [3.05, 3.63) is 28.5 Å². The second kappa shape index (κ2) is 4.87. The van der Waals surface area contributed by atoms with Crippen LogP contribution in [0.5, 0.6) is 0 Å². The Morgan fingerprint density at radius 3 is 3.06 bits per heavy atom. The molecule has 1 aromatic carbocycles. The summed E-state index contributed by atoms with van der Waals surface area (Å²) in [5.74, 6) is 1.64. The summed E-state index contributed by atoms with van der Waals surface area (Å²) >= 11 is 6.40. The minimum absolute atomic E-state index is 0.492. The van der Waals surface area contributed by atoms with Crippen LogP contribution in [0.1, 0.15) is 5.82 Å². The largest absolute Gasteiger partial charge is 0.374 e. The van der Waals surface area contributed by atoms with Gasteiger partial charge in [-0.2, -0.15) is 0 Å². The normalized spacial score (nSPS) is 11.2. The summed E-state index contributed by atoms with van der Waals surface area (Å²) in [6.07, 6.45) is 0. The van der Waals surface area contributed by atoms with Crippen molar-refractivity contribution in [1.29, 1.82) is 0 Å². The Bertz CT molecular complexity index is 692. The van der Waals surface area contributed by atoms with Gasteiger partial charge in [-0.15, -0.1) is 10.2 Å². The molecule has 0 unspecified atom stereocenters. The number of aromatic nitrogens is 4. The number of benzene rings is 1. The zero-order chi connectivity index (χ0) is 12.5. The lowest BCUT2D eigenvalue weighted by atomic mass is 10.3. The van der Waals surface area contributed by atoms with Crippen LogP contribution in [-0.2, 0) is 5.75 Å². The Kier molecular flexibility index (Phi) is 3.23. The van der Waals surface area contributed by atoms with Crippen LogP contribution in [0, 0.1) is 0 Å². The Hall–Kier alpha value is -1.12. The standard InChI is InChI=1S/C10H8BrN5S2/c11-5-1-2-6-7(3-5)14-8(13-6)4-17-10-16-15-9(12)18-10/h1-3H,4H2,(H2,12,15)(H,13,14). The summed E-state index contributed by atoms with van der Waals surface area (Å²) in [5, 5.41) is 8.22. The minimum atomic E-state index is 0.492. The molecule has 0 aliphatic heterocycles. The van der Waals surface area contributed by atoms with E-state index >= 15 is 0 Å². The summed E-state index contributed by atoms with van der Waals surface area (Å²) in [6, 6.07) is 5.97. The SMILES string of the molecule is Nc1nnc(SCc2nc3ccc(Br)cc3[nH]2)s1. The second-order valence-electron chi connectivity index (χ2n) is 3.54. The molecule has 0 fully saturated rings. The number of nitrogens with one attached hydrogen (secondary N) is 1. The third-order valence-electron chi connectivity index (χ3n) is 2.25. The van der Waals surface area contributed by atoms with E-state index < -0.39 is 0 Å². The van der Waals surface area contributed by atoms with Gasteiger partial charge in [-0.05, 0) is 18.2 Å². The van der Waals surface area contributed by atoms with Crippen molar-refractivity contribution >= 4 is 55.2 Å². The molecular formula is C10H8BrN5S2. The maximum atomic E-state index is 5.53. The topological polar surface area (TPSA) is 80.5 Å². The fourth-order valence-corrected chi connectivity index (χ4v) is 3.38. The maximum Gasteiger partial charge on any atom is 0.203 e. The number of nitrogens with zero attached hydrogens (tertiary/aromatic N) is 3. The number of hydrogen-bond donors (Lipinski definition) is 2. The van der Waals surface area contributed by atoms with Crippen LogP contribution in [-0.4, -0.2) is 20.2 Å². The van der Waals surface area contributed by atoms with Gasteiger partial charge in [0.25, 0.3) is 0 Å². The van der Waals surface area contributed by atoms with E-state index in [0.29, 0.717) is 5.13 Å². The molecule has 0 radical (unpaired) electrons. The zero-order valence-corrected chi connectivity index (χ0v) is 12.3. The van der Waals surface area contributed by atoms with Crippen molar-refractivity contribution in [3.63, 3.8) is 0 Å². The number of H-pyrrole nitrogens is 1. The molecule has 0 amide bonds. The molecular weight excluding hydrogens is 334 g/mol. The van der Waals surface area contributed by atoms with Gasteiger partial charge in [-0.3, -0.25) is 0 Å². The van der Waals surface area contributed by atoms with Crippen LogP contribution < -0.4 is 5.73 Å². The van der Waals surface area contributed by atoms with Crippen LogP contribution in [0.2, 0.25) is 0 Å². The smallest absolute Gasteiger partial charge is 0.203 e. The van der Waals surface area contributed by atoms with Crippen molar-refractivity contribution in [2.75, 3.05) is 5.73 Å². The van der Waals surface area contributed by atoms with Crippen LogP contribution in [0.25, 0.3) is 11.0 Å². The molecule has 0 aliphatic carbocycles. The number of hydrogen-bond acceptors (Lipinski definition) is 6. The summed E-state index contributed by atoms with van der Waals surface area (Å²) in [7, 11) is 0. The number of halogens is 1. The fourth-order valence-electron chi connectivity index (χ4n) is 1.51. The molecule has 0 saturated heterocycles. The molecule has 0 bridgehead atoms. The lowest BCUT2D eigenvalue weighted by Crippen LogP contribution is -1.82. The molecule has 5 nitrogen and oxygen atoms in total. The van der Waals surface area contributed by atoms with Crippen molar-refractivity contribution in [2.24, 2.45) is 0 Å². The summed E-state index contributed by atoms with van der Waals surface area (Å²) in [4.78, 5) is 7.78. The number of imidazole rings is 1. The van der Waals surface area contributed by atoms with E-state index in [4.69, 9.17) is 5.73 Å². The minimum Gasteiger partial charge on any atom is -0.374 e. The van der Waals surface area contributed by atoms with Gasteiger partial charge in [0.1, 0.15) is 5.82 Å². The van der Waals surface area contributed by atoms with E-state index in [0.717, 1.165) is 31.4 Å². The molecule has 2 heterocycles. The van der Waals surface area contributed by atoms with Crippen molar-refractivity contribution < 1.29 is 0 Å². The third-order valence-corrected chi connectivity index (χ3v) is 4.64. The average Bonchev–Trinajstić information content (AvgIpc) is 2.92. The summed E-state index contributed by atoms with van der Waals surface area (Å²) < 4.78 is 1.89. The highest BCUT2D eigenvalue weighted by Gasteiger charge is 2.06. The van der Waals surface area contributed by atoms with Crippen LogP contribution >= 0.6 is 39.0 Å². The predicted molar refractivity (Wildman–Crippen MR) is 77.7 cm³/mol. The Balaban J connectivity index is 1.78. The first kappa shape index (κ1) is 11.9. The van der Waals surface area contributed by atoms with E-state index in [2.05, 4.69) is 36.1 Å². The van der Waals surface area contributed by atoms with Crippen molar-refractivity contribution in [1.82, 2.24) is 20.2 Å². The zero-order valence-electron chi connectivity index (χ0n) is 9.05. The second-order valence-corrected chi connectivity index (χ2v) is 6.69. The highest BCUT2D eigenvalue weighted by molar-refractivity contribution is 9.10. The molecule has 0 aliphatic rings. The Labute approximate surface area is 119 Å². The van der Waals surface area contributed by atoms with Crippen molar-refractivity contribution in [2.45, 2.75) is 10.1 Å².